The number of sulfonamides is 1. The highest BCUT2D eigenvalue weighted by molar-refractivity contribution is 7.89. The molecule has 0 amide bonds. The Hall–Kier alpha value is -1.66. The van der Waals surface area contributed by atoms with E-state index >= 15 is 0 Å². The van der Waals surface area contributed by atoms with E-state index in [0.29, 0.717) is 11.5 Å². The quantitative estimate of drug-likeness (QED) is 0.939. The predicted octanol–water partition coefficient (Wildman–Crippen LogP) is 2.39. The van der Waals surface area contributed by atoms with Crippen molar-refractivity contribution in [2.75, 3.05) is 0 Å². The maximum absolute atomic E-state index is 12.3. The van der Waals surface area contributed by atoms with Crippen LogP contribution in [-0.2, 0) is 16.6 Å². The molecule has 0 bridgehead atoms. The Morgan fingerprint density at radius 1 is 1.20 bits per heavy atom. The lowest BCUT2D eigenvalue weighted by Crippen LogP contribution is -2.24. The summed E-state index contributed by atoms with van der Waals surface area (Å²) in [5.41, 5.74) is 3.48. The van der Waals surface area contributed by atoms with Crippen molar-refractivity contribution in [3.63, 3.8) is 0 Å². The first-order valence-electron chi connectivity index (χ1n) is 6.30. The maximum Gasteiger partial charge on any atom is 0.246 e. The molecule has 5 nitrogen and oxygen atoms in total. The zero-order valence-corrected chi connectivity index (χ0v) is 12.8. The van der Waals surface area contributed by atoms with Crippen molar-refractivity contribution in [3.8, 4) is 0 Å². The molecule has 0 saturated heterocycles. The van der Waals surface area contributed by atoms with E-state index in [4.69, 9.17) is 4.52 Å². The summed E-state index contributed by atoms with van der Waals surface area (Å²) in [7, 11) is -3.61. The molecule has 1 aromatic heterocycles. The van der Waals surface area contributed by atoms with Gasteiger partial charge in [0.15, 0.2) is 5.76 Å². The average molecular weight is 294 g/mol. The molecule has 0 radical (unpaired) electrons. The summed E-state index contributed by atoms with van der Waals surface area (Å²) >= 11 is 0. The Balaban J connectivity index is 2.24. The summed E-state index contributed by atoms with van der Waals surface area (Å²) < 4.78 is 32.1. The van der Waals surface area contributed by atoms with Crippen molar-refractivity contribution >= 4 is 10.0 Å². The zero-order valence-electron chi connectivity index (χ0n) is 12.0. The van der Waals surface area contributed by atoms with Crippen LogP contribution in [0.2, 0.25) is 0 Å². The minimum atomic E-state index is -3.61. The fraction of sp³-hybridized carbons (Fsp3) is 0.357. The van der Waals surface area contributed by atoms with Gasteiger partial charge in [-0.2, -0.15) is 0 Å². The highest BCUT2D eigenvalue weighted by Gasteiger charge is 2.23. The summed E-state index contributed by atoms with van der Waals surface area (Å²) in [5, 5.41) is 3.67. The molecule has 0 fully saturated rings. The molecule has 0 atom stereocenters. The van der Waals surface area contributed by atoms with E-state index in [9.17, 15) is 8.42 Å². The van der Waals surface area contributed by atoms with Gasteiger partial charge in [0.25, 0.3) is 0 Å². The third-order valence-electron chi connectivity index (χ3n) is 3.19. The molecule has 0 unspecified atom stereocenters. The summed E-state index contributed by atoms with van der Waals surface area (Å²) in [5.74, 6) is 0.302. The molecule has 0 aliphatic rings. The molecule has 6 heteroatoms. The molecule has 1 N–H and O–H groups in total. The van der Waals surface area contributed by atoms with Crippen molar-refractivity contribution in [2.45, 2.75) is 39.1 Å². The summed E-state index contributed by atoms with van der Waals surface area (Å²) in [6.45, 7) is 7.39. The normalized spacial score (nSPS) is 11.8. The third kappa shape index (κ3) is 2.91. The molecule has 1 heterocycles. The molecule has 0 saturated carbocycles. The first kappa shape index (κ1) is 14.7. The van der Waals surface area contributed by atoms with Gasteiger partial charge in [0.2, 0.25) is 10.0 Å². The summed E-state index contributed by atoms with van der Waals surface area (Å²) in [6, 6.07) is 5.96. The van der Waals surface area contributed by atoms with Crippen LogP contribution in [0, 0.1) is 27.7 Å². The van der Waals surface area contributed by atoms with Gasteiger partial charge in [-0.25, -0.2) is 13.1 Å². The first-order valence-corrected chi connectivity index (χ1v) is 7.78. The lowest BCUT2D eigenvalue weighted by molar-refractivity contribution is 0.390. The molecular weight excluding hydrogens is 276 g/mol. The van der Waals surface area contributed by atoms with Crippen LogP contribution in [0.1, 0.15) is 28.1 Å². The summed E-state index contributed by atoms with van der Waals surface area (Å²) in [4.78, 5) is 0.128. The van der Waals surface area contributed by atoms with Gasteiger partial charge in [0.1, 0.15) is 10.6 Å². The number of aryl methyl sites for hydroxylation is 4. The highest BCUT2D eigenvalue weighted by atomic mass is 32.2. The predicted molar refractivity (Wildman–Crippen MR) is 75.9 cm³/mol. The molecule has 2 rings (SSSR count). The van der Waals surface area contributed by atoms with Crippen LogP contribution in [-0.4, -0.2) is 13.6 Å². The minimum Gasteiger partial charge on any atom is -0.360 e. The van der Waals surface area contributed by atoms with E-state index in [1.165, 1.54) is 0 Å². The lowest BCUT2D eigenvalue weighted by atomic mass is 10.1. The Morgan fingerprint density at radius 3 is 2.50 bits per heavy atom. The molecule has 0 aliphatic carbocycles. The van der Waals surface area contributed by atoms with E-state index in [1.807, 2.05) is 32.0 Å². The van der Waals surface area contributed by atoms with E-state index in [-0.39, 0.29) is 11.4 Å². The minimum absolute atomic E-state index is 0.128. The highest BCUT2D eigenvalue weighted by Crippen LogP contribution is 2.19. The van der Waals surface area contributed by atoms with E-state index in [1.54, 1.807) is 13.8 Å². The topological polar surface area (TPSA) is 72.2 Å². The van der Waals surface area contributed by atoms with Crippen molar-refractivity contribution < 1.29 is 12.9 Å². The second kappa shape index (κ2) is 5.38. The third-order valence-corrected chi connectivity index (χ3v) is 4.84. The van der Waals surface area contributed by atoms with Gasteiger partial charge in [0.05, 0.1) is 0 Å². The van der Waals surface area contributed by atoms with Crippen LogP contribution in [0.4, 0.5) is 0 Å². The number of benzene rings is 1. The average Bonchev–Trinajstić information content (AvgIpc) is 2.71. The monoisotopic (exact) mass is 294 g/mol. The second-order valence-corrected chi connectivity index (χ2v) is 6.61. The van der Waals surface area contributed by atoms with Crippen LogP contribution in [0.5, 0.6) is 0 Å². The number of nitrogens with one attached hydrogen (secondary N) is 1. The Bertz CT molecular complexity index is 713. The molecule has 1 aromatic carbocycles. The second-order valence-electron chi connectivity index (χ2n) is 4.91. The fourth-order valence-electron chi connectivity index (χ4n) is 2.09. The number of hydrogen-bond donors (Lipinski definition) is 1. The Morgan fingerprint density at radius 2 is 1.90 bits per heavy atom. The molecule has 2 aromatic rings. The number of rotatable bonds is 4. The van der Waals surface area contributed by atoms with E-state index in [0.717, 1.165) is 16.7 Å². The molecule has 0 spiro atoms. The van der Waals surface area contributed by atoms with Crippen LogP contribution >= 0.6 is 0 Å². The summed E-state index contributed by atoms with van der Waals surface area (Å²) in [6.07, 6.45) is 0. The van der Waals surface area contributed by atoms with Gasteiger partial charge in [-0.15, -0.1) is 0 Å². The van der Waals surface area contributed by atoms with Crippen molar-refractivity contribution in [1.82, 2.24) is 9.88 Å². The van der Waals surface area contributed by atoms with Gasteiger partial charge in [0, 0.05) is 6.54 Å². The smallest absolute Gasteiger partial charge is 0.246 e. The SMILES string of the molecule is Cc1ccc(C)c(CNS(=O)(=O)c2c(C)noc2C)c1. The lowest BCUT2D eigenvalue weighted by Gasteiger charge is -2.09. The standard InChI is InChI=1S/C14H18N2O3S/c1-9-5-6-10(2)13(7-9)8-15-20(17,18)14-11(3)16-19-12(14)4/h5-7,15H,8H2,1-4H3. The van der Waals surface area contributed by atoms with E-state index in [2.05, 4.69) is 9.88 Å². The van der Waals surface area contributed by atoms with Gasteiger partial charge in [-0.05, 0) is 38.8 Å². The van der Waals surface area contributed by atoms with E-state index < -0.39 is 10.0 Å². The Labute approximate surface area is 119 Å². The van der Waals surface area contributed by atoms with Gasteiger partial charge >= 0.3 is 0 Å². The van der Waals surface area contributed by atoms with Crippen LogP contribution < -0.4 is 4.72 Å². The maximum atomic E-state index is 12.3. The Kier molecular flexibility index (Phi) is 3.96. The fourth-order valence-corrected chi connectivity index (χ4v) is 3.43. The number of nitrogens with zero attached hydrogens (tertiary/aromatic N) is 1. The van der Waals surface area contributed by atoms with Gasteiger partial charge in [-0.3, -0.25) is 0 Å². The zero-order chi connectivity index (χ0) is 14.9. The van der Waals surface area contributed by atoms with Crippen molar-refractivity contribution in [2.24, 2.45) is 0 Å². The molecule has 20 heavy (non-hydrogen) atoms. The van der Waals surface area contributed by atoms with Crippen LogP contribution in [0.3, 0.4) is 0 Å². The molecule has 0 aliphatic heterocycles. The first-order chi connectivity index (χ1) is 9.31. The van der Waals surface area contributed by atoms with Crippen LogP contribution in [0.25, 0.3) is 0 Å². The number of hydrogen-bond acceptors (Lipinski definition) is 4. The molecular formula is C14H18N2O3S. The van der Waals surface area contributed by atoms with Crippen LogP contribution in [0.15, 0.2) is 27.6 Å². The number of aromatic nitrogens is 1. The van der Waals surface area contributed by atoms with Crippen molar-refractivity contribution in [3.05, 3.63) is 46.3 Å². The largest absolute Gasteiger partial charge is 0.360 e. The van der Waals surface area contributed by atoms with Gasteiger partial charge in [-0.1, -0.05) is 28.9 Å². The van der Waals surface area contributed by atoms with Crippen molar-refractivity contribution in [1.29, 1.82) is 0 Å². The molecule has 108 valence electrons. The van der Waals surface area contributed by atoms with Gasteiger partial charge < -0.3 is 4.52 Å².